The fourth-order valence-electron chi connectivity index (χ4n) is 2.09. The van der Waals surface area contributed by atoms with Crippen LogP contribution < -0.4 is 10.2 Å². The van der Waals surface area contributed by atoms with Gasteiger partial charge in [-0.05, 0) is 56.4 Å². The molecule has 0 spiro atoms. The highest BCUT2D eigenvalue weighted by Crippen LogP contribution is 2.15. The number of rotatable bonds is 5. The molecule has 1 unspecified atom stereocenters. The fourth-order valence-corrected chi connectivity index (χ4v) is 2.09. The Balaban J connectivity index is 1.84. The van der Waals surface area contributed by atoms with E-state index in [0.29, 0.717) is 18.1 Å². The molecule has 1 aromatic carbocycles. The van der Waals surface area contributed by atoms with Gasteiger partial charge in [0.25, 0.3) is 5.91 Å². The first-order chi connectivity index (χ1) is 9.79. The SMILES string of the molecule is CCOc1ccc(C(=O)NN=CC2CC=CCC2)cc1. The van der Waals surface area contributed by atoms with Crippen molar-refractivity contribution < 1.29 is 9.53 Å². The number of nitrogens with zero attached hydrogens (tertiary/aromatic N) is 1. The molecule has 20 heavy (non-hydrogen) atoms. The van der Waals surface area contributed by atoms with Crippen LogP contribution in [0.1, 0.15) is 36.5 Å². The molecule has 0 fully saturated rings. The summed E-state index contributed by atoms with van der Waals surface area (Å²) in [4.78, 5) is 11.9. The Morgan fingerprint density at radius 3 is 2.85 bits per heavy atom. The molecular formula is C16H20N2O2. The van der Waals surface area contributed by atoms with E-state index < -0.39 is 0 Å². The third kappa shape index (κ3) is 4.23. The van der Waals surface area contributed by atoms with Gasteiger partial charge in [-0.15, -0.1) is 0 Å². The zero-order valence-corrected chi connectivity index (χ0v) is 11.7. The van der Waals surface area contributed by atoms with Crippen molar-refractivity contribution in [2.45, 2.75) is 26.2 Å². The van der Waals surface area contributed by atoms with Gasteiger partial charge in [0, 0.05) is 11.8 Å². The maximum absolute atomic E-state index is 11.9. The van der Waals surface area contributed by atoms with Gasteiger partial charge >= 0.3 is 0 Å². The highest BCUT2D eigenvalue weighted by Gasteiger charge is 2.07. The predicted molar refractivity (Wildman–Crippen MR) is 80.1 cm³/mol. The van der Waals surface area contributed by atoms with E-state index in [9.17, 15) is 4.79 Å². The van der Waals surface area contributed by atoms with Crippen LogP contribution >= 0.6 is 0 Å². The smallest absolute Gasteiger partial charge is 0.271 e. The molecule has 1 aromatic rings. The van der Waals surface area contributed by atoms with Crippen molar-refractivity contribution in [2.75, 3.05) is 6.61 Å². The summed E-state index contributed by atoms with van der Waals surface area (Å²) in [5.74, 6) is 0.998. The van der Waals surface area contributed by atoms with E-state index in [-0.39, 0.29) is 5.91 Å². The van der Waals surface area contributed by atoms with Gasteiger partial charge in [-0.2, -0.15) is 5.10 Å². The average molecular weight is 272 g/mol. The third-order valence-electron chi connectivity index (χ3n) is 3.19. The number of benzene rings is 1. The first kappa shape index (κ1) is 14.3. The molecule has 0 radical (unpaired) electrons. The summed E-state index contributed by atoms with van der Waals surface area (Å²) in [5, 5.41) is 4.04. The van der Waals surface area contributed by atoms with E-state index in [0.717, 1.165) is 25.0 Å². The summed E-state index contributed by atoms with van der Waals surface area (Å²) in [7, 11) is 0. The molecule has 1 atom stereocenters. The van der Waals surface area contributed by atoms with Crippen molar-refractivity contribution >= 4 is 12.1 Å². The molecule has 0 bridgehead atoms. The van der Waals surface area contributed by atoms with E-state index in [4.69, 9.17) is 4.74 Å². The van der Waals surface area contributed by atoms with Crippen LogP contribution in [0.2, 0.25) is 0 Å². The average Bonchev–Trinajstić information content (AvgIpc) is 2.49. The molecule has 0 aromatic heterocycles. The Morgan fingerprint density at radius 2 is 2.20 bits per heavy atom. The second-order valence-corrected chi connectivity index (χ2v) is 4.72. The number of hydrogen-bond donors (Lipinski definition) is 1. The van der Waals surface area contributed by atoms with Crippen molar-refractivity contribution in [1.29, 1.82) is 0 Å². The van der Waals surface area contributed by atoms with Gasteiger partial charge in [0.05, 0.1) is 6.61 Å². The molecule has 1 aliphatic carbocycles. The van der Waals surface area contributed by atoms with Gasteiger partial charge in [0.15, 0.2) is 0 Å². The number of nitrogens with one attached hydrogen (secondary N) is 1. The quantitative estimate of drug-likeness (QED) is 0.508. The van der Waals surface area contributed by atoms with Crippen molar-refractivity contribution in [3.05, 3.63) is 42.0 Å². The Morgan fingerprint density at radius 1 is 1.40 bits per heavy atom. The maximum atomic E-state index is 11.9. The summed E-state index contributed by atoms with van der Waals surface area (Å²) < 4.78 is 5.33. The van der Waals surface area contributed by atoms with Crippen molar-refractivity contribution in [3.8, 4) is 5.75 Å². The minimum absolute atomic E-state index is 0.198. The molecule has 0 heterocycles. The molecule has 2 rings (SSSR count). The monoisotopic (exact) mass is 272 g/mol. The first-order valence-corrected chi connectivity index (χ1v) is 7.01. The molecule has 0 saturated heterocycles. The van der Waals surface area contributed by atoms with Gasteiger partial charge in [-0.1, -0.05) is 12.2 Å². The highest BCUT2D eigenvalue weighted by molar-refractivity contribution is 5.94. The van der Waals surface area contributed by atoms with Gasteiger partial charge < -0.3 is 4.74 Å². The molecule has 1 amide bonds. The Kier molecular flexibility index (Phi) is 5.35. The summed E-state index contributed by atoms with van der Waals surface area (Å²) >= 11 is 0. The van der Waals surface area contributed by atoms with E-state index in [1.165, 1.54) is 0 Å². The second kappa shape index (κ2) is 7.48. The van der Waals surface area contributed by atoms with Crippen LogP contribution in [0.5, 0.6) is 5.75 Å². The lowest BCUT2D eigenvalue weighted by atomic mass is 9.96. The van der Waals surface area contributed by atoms with Crippen molar-refractivity contribution in [1.82, 2.24) is 5.43 Å². The summed E-state index contributed by atoms with van der Waals surface area (Å²) in [5.41, 5.74) is 3.14. The number of carbonyl (C=O) groups is 1. The van der Waals surface area contributed by atoms with Crippen LogP contribution in [-0.4, -0.2) is 18.7 Å². The lowest BCUT2D eigenvalue weighted by Gasteiger charge is -2.11. The van der Waals surface area contributed by atoms with Gasteiger partial charge in [0.2, 0.25) is 0 Å². The largest absolute Gasteiger partial charge is 0.494 e. The zero-order chi connectivity index (χ0) is 14.2. The number of carbonyl (C=O) groups excluding carboxylic acids is 1. The third-order valence-corrected chi connectivity index (χ3v) is 3.19. The van der Waals surface area contributed by atoms with Crippen LogP contribution in [0.15, 0.2) is 41.5 Å². The number of amides is 1. The first-order valence-electron chi connectivity index (χ1n) is 7.01. The van der Waals surface area contributed by atoms with E-state index >= 15 is 0 Å². The minimum Gasteiger partial charge on any atom is -0.494 e. The van der Waals surface area contributed by atoms with Crippen LogP contribution in [0, 0.1) is 5.92 Å². The standard InChI is InChI=1S/C16H20N2O2/c1-2-20-15-10-8-14(9-11-15)16(19)18-17-12-13-6-4-3-5-7-13/h3-4,8-13H,2,5-7H2,1H3,(H,18,19). The molecule has 1 aliphatic rings. The van der Waals surface area contributed by atoms with Gasteiger partial charge in [0.1, 0.15) is 5.75 Å². The number of ether oxygens (including phenoxy) is 1. The molecule has 4 heteroatoms. The normalized spacial score (nSPS) is 18.1. The number of hydrogen-bond acceptors (Lipinski definition) is 3. The molecule has 106 valence electrons. The van der Waals surface area contributed by atoms with Crippen LogP contribution in [-0.2, 0) is 0 Å². The molecular weight excluding hydrogens is 252 g/mol. The van der Waals surface area contributed by atoms with Gasteiger partial charge in [-0.3, -0.25) is 4.79 Å². The fraction of sp³-hybridized carbons (Fsp3) is 0.375. The van der Waals surface area contributed by atoms with Crippen LogP contribution in [0.4, 0.5) is 0 Å². The summed E-state index contributed by atoms with van der Waals surface area (Å²) in [6.45, 7) is 2.54. The van der Waals surface area contributed by atoms with Gasteiger partial charge in [-0.25, -0.2) is 5.43 Å². The topological polar surface area (TPSA) is 50.7 Å². The summed E-state index contributed by atoms with van der Waals surface area (Å²) in [6.07, 6.45) is 9.36. The van der Waals surface area contributed by atoms with Crippen LogP contribution in [0.25, 0.3) is 0 Å². The maximum Gasteiger partial charge on any atom is 0.271 e. The Hall–Kier alpha value is -2.10. The molecule has 4 nitrogen and oxygen atoms in total. The van der Waals surface area contributed by atoms with Crippen LogP contribution in [0.3, 0.4) is 0 Å². The van der Waals surface area contributed by atoms with Crippen molar-refractivity contribution in [3.63, 3.8) is 0 Å². The van der Waals surface area contributed by atoms with E-state index in [2.05, 4.69) is 22.7 Å². The highest BCUT2D eigenvalue weighted by atomic mass is 16.5. The molecule has 0 saturated carbocycles. The second-order valence-electron chi connectivity index (χ2n) is 4.72. The molecule has 0 aliphatic heterocycles. The van der Waals surface area contributed by atoms with Crippen molar-refractivity contribution in [2.24, 2.45) is 11.0 Å². The lowest BCUT2D eigenvalue weighted by Crippen LogP contribution is -2.18. The molecule has 1 N–H and O–H groups in total. The summed E-state index contributed by atoms with van der Waals surface area (Å²) in [6, 6.07) is 7.04. The Bertz CT molecular complexity index is 492. The number of allylic oxidation sites excluding steroid dienone is 2. The minimum atomic E-state index is -0.198. The van der Waals surface area contributed by atoms with E-state index in [1.807, 2.05) is 13.1 Å². The predicted octanol–water partition coefficient (Wildman–Crippen LogP) is 3.16. The Labute approximate surface area is 119 Å². The zero-order valence-electron chi connectivity index (χ0n) is 11.7. The number of hydrazone groups is 1. The lowest BCUT2D eigenvalue weighted by molar-refractivity contribution is 0.0955. The van der Waals surface area contributed by atoms with E-state index in [1.54, 1.807) is 24.3 Å².